The zero-order chi connectivity index (χ0) is 19.5. The van der Waals surface area contributed by atoms with E-state index in [1.807, 2.05) is 44.7 Å². The number of carbonyl (C=O) groups excluding carboxylic acids is 1. The molecule has 0 unspecified atom stereocenters. The van der Waals surface area contributed by atoms with Gasteiger partial charge in [0.15, 0.2) is 0 Å². The molecule has 1 atom stereocenters. The van der Waals surface area contributed by atoms with Crippen LogP contribution >= 0.6 is 0 Å². The lowest BCUT2D eigenvalue weighted by Crippen LogP contribution is -2.32. The van der Waals surface area contributed by atoms with Gasteiger partial charge in [-0.1, -0.05) is 17.7 Å². The van der Waals surface area contributed by atoms with Crippen molar-refractivity contribution >= 4 is 27.3 Å². The highest BCUT2D eigenvalue weighted by atomic mass is 32.2. The van der Waals surface area contributed by atoms with Gasteiger partial charge in [-0.25, -0.2) is 8.42 Å². The highest BCUT2D eigenvalue weighted by molar-refractivity contribution is 7.92. The third-order valence-electron chi connectivity index (χ3n) is 5.62. The van der Waals surface area contributed by atoms with Crippen molar-refractivity contribution in [1.82, 2.24) is 0 Å². The summed E-state index contributed by atoms with van der Waals surface area (Å²) in [5.41, 5.74) is 6.23. The topological polar surface area (TPSA) is 66.5 Å². The Labute approximate surface area is 160 Å². The largest absolute Gasteiger partial charge is 0.311 e. The number of carbonyl (C=O) groups is 1. The molecule has 0 spiro atoms. The summed E-state index contributed by atoms with van der Waals surface area (Å²) in [6.07, 6.45) is 1.66. The van der Waals surface area contributed by atoms with E-state index in [0.717, 1.165) is 52.9 Å². The van der Waals surface area contributed by atoms with Crippen molar-refractivity contribution in [2.24, 2.45) is 0 Å². The van der Waals surface area contributed by atoms with E-state index in [1.165, 1.54) is 0 Å². The van der Waals surface area contributed by atoms with Crippen molar-refractivity contribution in [3.63, 3.8) is 0 Å². The summed E-state index contributed by atoms with van der Waals surface area (Å²) in [5, 5.41) is 0. The summed E-state index contributed by atoms with van der Waals surface area (Å²) in [7, 11) is -3.74. The molecular formula is C21H24N2O3S. The van der Waals surface area contributed by atoms with Crippen LogP contribution in [-0.2, 0) is 21.2 Å². The highest BCUT2D eigenvalue weighted by Crippen LogP contribution is 2.44. The molecule has 6 heteroatoms. The van der Waals surface area contributed by atoms with E-state index in [9.17, 15) is 13.2 Å². The number of anilines is 2. The molecule has 0 aromatic heterocycles. The molecule has 1 amide bonds. The zero-order valence-electron chi connectivity index (χ0n) is 16.1. The molecule has 5 nitrogen and oxygen atoms in total. The van der Waals surface area contributed by atoms with Crippen LogP contribution in [0.15, 0.2) is 29.2 Å². The molecule has 0 radical (unpaired) electrons. The average molecular weight is 385 g/mol. The number of aryl methyl sites for hydroxylation is 4. The fourth-order valence-electron chi connectivity index (χ4n) is 4.35. The summed E-state index contributed by atoms with van der Waals surface area (Å²) in [4.78, 5) is 14.6. The van der Waals surface area contributed by atoms with E-state index in [4.69, 9.17) is 0 Å². The molecule has 2 aromatic rings. The van der Waals surface area contributed by atoms with Crippen LogP contribution in [0.1, 0.15) is 47.1 Å². The normalized spacial score (nSPS) is 18.6. The van der Waals surface area contributed by atoms with Gasteiger partial charge in [0.2, 0.25) is 5.91 Å². The van der Waals surface area contributed by atoms with Crippen LogP contribution in [-0.4, -0.2) is 20.9 Å². The number of benzene rings is 2. The van der Waals surface area contributed by atoms with E-state index in [0.29, 0.717) is 5.69 Å². The number of hydrogen-bond donors (Lipinski definition) is 1. The van der Waals surface area contributed by atoms with Crippen molar-refractivity contribution in [3.8, 4) is 0 Å². The Balaban J connectivity index is 1.80. The minimum absolute atomic E-state index is 0.0682. The van der Waals surface area contributed by atoms with E-state index in [1.54, 1.807) is 12.1 Å². The number of hydrogen-bond acceptors (Lipinski definition) is 3. The van der Waals surface area contributed by atoms with Crippen molar-refractivity contribution < 1.29 is 13.2 Å². The molecule has 27 heavy (non-hydrogen) atoms. The first-order chi connectivity index (χ1) is 12.7. The van der Waals surface area contributed by atoms with Crippen molar-refractivity contribution in [3.05, 3.63) is 52.1 Å². The van der Waals surface area contributed by atoms with Crippen LogP contribution in [0.4, 0.5) is 11.4 Å². The third kappa shape index (κ3) is 2.83. The predicted octanol–water partition coefficient (Wildman–Crippen LogP) is 3.81. The van der Waals surface area contributed by atoms with Crippen molar-refractivity contribution in [2.45, 2.75) is 51.3 Å². The Bertz CT molecular complexity index is 1050. The van der Waals surface area contributed by atoms with Crippen LogP contribution in [0, 0.1) is 20.8 Å². The molecule has 2 aliphatic heterocycles. The summed E-state index contributed by atoms with van der Waals surface area (Å²) in [6, 6.07) is 7.34. The van der Waals surface area contributed by atoms with E-state index < -0.39 is 10.0 Å². The molecule has 2 aliphatic rings. The lowest BCUT2D eigenvalue weighted by atomic mass is 9.97. The summed E-state index contributed by atoms with van der Waals surface area (Å²) < 4.78 is 29.0. The summed E-state index contributed by atoms with van der Waals surface area (Å²) in [5.74, 6) is -0.228. The Morgan fingerprint density at radius 3 is 2.41 bits per heavy atom. The standard InChI is InChI=1S/C21H24N2O3S/c1-12-8-13(2)19(14(3)9-12)22-27(25,26)17-10-16-6-5-7-23-20(16)18(11-17)15(4)21(23)24/h8-11,15,22H,5-7H2,1-4H3/t15-/m0/s1. The molecule has 2 aromatic carbocycles. The van der Waals surface area contributed by atoms with Gasteiger partial charge in [0, 0.05) is 6.54 Å². The molecule has 0 saturated carbocycles. The van der Waals surface area contributed by atoms with E-state index >= 15 is 0 Å². The van der Waals surface area contributed by atoms with Gasteiger partial charge < -0.3 is 4.90 Å². The van der Waals surface area contributed by atoms with Gasteiger partial charge in [0.1, 0.15) is 0 Å². The van der Waals surface area contributed by atoms with Gasteiger partial charge in [-0.3, -0.25) is 9.52 Å². The smallest absolute Gasteiger partial charge is 0.261 e. The molecule has 1 N–H and O–H groups in total. The second-order valence-electron chi connectivity index (χ2n) is 7.71. The number of nitrogens with zero attached hydrogens (tertiary/aromatic N) is 1. The van der Waals surface area contributed by atoms with Crippen LogP contribution < -0.4 is 9.62 Å². The molecule has 0 fully saturated rings. The minimum Gasteiger partial charge on any atom is -0.311 e. The fraction of sp³-hybridized carbons (Fsp3) is 0.381. The highest BCUT2D eigenvalue weighted by Gasteiger charge is 2.38. The monoisotopic (exact) mass is 384 g/mol. The van der Waals surface area contributed by atoms with Crippen LogP contribution in [0.2, 0.25) is 0 Å². The summed E-state index contributed by atoms with van der Waals surface area (Å²) >= 11 is 0. The van der Waals surface area contributed by atoms with Gasteiger partial charge in [-0.2, -0.15) is 0 Å². The minimum atomic E-state index is -3.74. The molecule has 0 bridgehead atoms. The second kappa shape index (κ2) is 6.09. The first-order valence-electron chi connectivity index (χ1n) is 9.28. The number of rotatable bonds is 3. The lowest BCUT2D eigenvalue weighted by molar-refractivity contribution is -0.119. The summed E-state index contributed by atoms with van der Waals surface area (Å²) in [6.45, 7) is 8.38. The van der Waals surface area contributed by atoms with Gasteiger partial charge in [0.05, 0.1) is 22.2 Å². The Morgan fingerprint density at radius 1 is 1.07 bits per heavy atom. The first kappa shape index (κ1) is 18.0. The fourth-order valence-corrected chi connectivity index (χ4v) is 5.64. The van der Waals surface area contributed by atoms with Crippen LogP contribution in [0.25, 0.3) is 0 Å². The Hall–Kier alpha value is -2.34. The molecule has 4 rings (SSSR count). The molecule has 2 heterocycles. The van der Waals surface area contributed by atoms with Gasteiger partial charge in [0.25, 0.3) is 10.0 Å². The number of amides is 1. The molecule has 0 saturated heterocycles. The van der Waals surface area contributed by atoms with E-state index in [2.05, 4.69) is 4.72 Å². The average Bonchev–Trinajstić information content (AvgIpc) is 2.85. The molecule has 142 valence electrons. The maximum absolute atomic E-state index is 13.1. The maximum atomic E-state index is 13.1. The predicted molar refractivity (Wildman–Crippen MR) is 107 cm³/mol. The van der Waals surface area contributed by atoms with Crippen molar-refractivity contribution in [1.29, 1.82) is 0 Å². The second-order valence-corrected chi connectivity index (χ2v) is 9.40. The van der Waals surface area contributed by atoms with Gasteiger partial charge in [-0.05, 0) is 74.9 Å². The Kier molecular flexibility index (Phi) is 4.07. The maximum Gasteiger partial charge on any atom is 0.261 e. The zero-order valence-corrected chi connectivity index (χ0v) is 16.9. The van der Waals surface area contributed by atoms with Gasteiger partial charge >= 0.3 is 0 Å². The van der Waals surface area contributed by atoms with Crippen LogP contribution in [0.3, 0.4) is 0 Å². The van der Waals surface area contributed by atoms with E-state index in [-0.39, 0.29) is 16.7 Å². The lowest BCUT2D eigenvalue weighted by Gasteiger charge is -2.26. The Morgan fingerprint density at radius 2 is 1.74 bits per heavy atom. The third-order valence-corrected chi connectivity index (χ3v) is 6.95. The van der Waals surface area contributed by atoms with Crippen molar-refractivity contribution in [2.75, 3.05) is 16.2 Å². The van der Waals surface area contributed by atoms with Gasteiger partial charge in [-0.15, -0.1) is 0 Å². The molecular weight excluding hydrogens is 360 g/mol. The first-order valence-corrected chi connectivity index (χ1v) is 10.8. The van der Waals surface area contributed by atoms with Crippen LogP contribution in [0.5, 0.6) is 0 Å². The number of sulfonamides is 1. The molecule has 0 aliphatic carbocycles. The number of nitrogens with one attached hydrogen (secondary N) is 1. The SMILES string of the molecule is Cc1cc(C)c(NS(=O)(=O)c2cc3c4c(c2)[C@H](C)C(=O)N4CCC3)c(C)c1. The quantitative estimate of drug-likeness (QED) is 0.875.